The van der Waals surface area contributed by atoms with Gasteiger partial charge in [-0.2, -0.15) is 0 Å². The molecule has 1 aromatic carbocycles. The highest BCUT2D eigenvalue weighted by Gasteiger charge is 2.13. The molecule has 0 spiro atoms. The Balaban J connectivity index is 1.50. The van der Waals surface area contributed by atoms with Gasteiger partial charge in [0, 0.05) is 13.5 Å². The molecule has 1 aliphatic rings. The first kappa shape index (κ1) is 12.6. The minimum absolute atomic E-state index is 0.730. The largest absolute Gasteiger partial charge is 0.441 e. The summed E-state index contributed by atoms with van der Waals surface area (Å²) in [6.45, 7) is 6.24. The van der Waals surface area contributed by atoms with Gasteiger partial charge in [-0.15, -0.1) is 0 Å². The van der Waals surface area contributed by atoms with Gasteiger partial charge in [-0.1, -0.05) is 6.07 Å². The molecule has 0 bridgehead atoms. The Morgan fingerprint density at radius 1 is 1.47 bits per heavy atom. The summed E-state index contributed by atoms with van der Waals surface area (Å²) in [7, 11) is 0. The maximum Gasteiger partial charge on any atom is 0.192 e. The smallest absolute Gasteiger partial charge is 0.192 e. The van der Waals surface area contributed by atoms with Crippen LogP contribution >= 0.6 is 0 Å². The summed E-state index contributed by atoms with van der Waals surface area (Å²) < 4.78 is 5.55. The van der Waals surface area contributed by atoms with E-state index < -0.39 is 0 Å². The molecular formula is C15H21N3O. The van der Waals surface area contributed by atoms with Crippen molar-refractivity contribution in [1.82, 2.24) is 15.6 Å². The third-order valence-corrected chi connectivity index (χ3v) is 3.78. The van der Waals surface area contributed by atoms with Crippen molar-refractivity contribution in [3.05, 3.63) is 29.7 Å². The molecule has 102 valence electrons. The van der Waals surface area contributed by atoms with E-state index in [0.29, 0.717) is 0 Å². The van der Waals surface area contributed by atoms with Gasteiger partial charge >= 0.3 is 0 Å². The first-order valence-electron chi connectivity index (χ1n) is 7.09. The summed E-state index contributed by atoms with van der Waals surface area (Å²) in [5.41, 5.74) is 3.09. The molecule has 1 saturated heterocycles. The Kier molecular flexibility index (Phi) is 3.80. The molecule has 4 heteroatoms. The lowest BCUT2D eigenvalue weighted by molar-refractivity contribution is 0.500. The highest BCUT2D eigenvalue weighted by Crippen LogP contribution is 2.17. The van der Waals surface area contributed by atoms with Gasteiger partial charge in [0.1, 0.15) is 5.52 Å². The quantitative estimate of drug-likeness (QED) is 0.808. The number of benzene rings is 1. The Hall–Kier alpha value is -1.39. The Bertz CT molecular complexity index is 543. The van der Waals surface area contributed by atoms with Crippen LogP contribution in [0.4, 0.5) is 0 Å². The second kappa shape index (κ2) is 5.72. The minimum Gasteiger partial charge on any atom is -0.441 e. The number of nitrogens with one attached hydrogen (secondary N) is 2. The highest BCUT2D eigenvalue weighted by molar-refractivity contribution is 5.73. The summed E-state index contributed by atoms with van der Waals surface area (Å²) in [6.07, 6.45) is 2.58. The van der Waals surface area contributed by atoms with Gasteiger partial charge in [-0.05, 0) is 56.1 Å². The van der Waals surface area contributed by atoms with Crippen molar-refractivity contribution in [1.29, 1.82) is 0 Å². The molecule has 3 rings (SSSR count). The van der Waals surface area contributed by atoms with Gasteiger partial charge in [0.05, 0.1) is 0 Å². The van der Waals surface area contributed by atoms with E-state index >= 15 is 0 Å². The van der Waals surface area contributed by atoms with E-state index in [1.54, 1.807) is 0 Å². The van der Waals surface area contributed by atoms with Gasteiger partial charge in [0.25, 0.3) is 0 Å². The number of aryl methyl sites for hydroxylation is 1. The molecule has 2 aromatic rings. The number of fused-ring (bicyclic) bond motifs is 1. The zero-order valence-electron chi connectivity index (χ0n) is 11.4. The van der Waals surface area contributed by atoms with Crippen LogP contribution in [0.3, 0.4) is 0 Å². The van der Waals surface area contributed by atoms with Crippen molar-refractivity contribution < 1.29 is 4.42 Å². The van der Waals surface area contributed by atoms with Crippen LogP contribution in [0.2, 0.25) is 0 Å². The normalized spacial score (nSPS) is 19.3. The molecule has 0 aliphatic carbocycles. The second-order valence-electron chi connectivity index (χ2n) is 5.36. The standard InChI is InChI=1S/C15H21N3O/c1-11-18-14-3-2-13(8-15(14)19-11)10-17-7-5-12-4-6-16-9-12/h2-3,8,12,16-17H,4-7,9-10H2,1H3. The molecule has 1 atom stereocenters. The van der Waals surface area contributed by atoms with Crippen molar-refractivity contribution in [2.24, 2.45) is 5.92 Å². The number of hydrogen-bond acceptors (Lipinski definition) is 4. The predicted molar refractivity (Wildman–Crippen MR) is 76.0 cm³/mol. The van der Waals surface area contributed by atoms with E-state index in [1.165, 1.54) is 31.5 Å². The molecule has 1 unspecified atom stereocenters. The molecule has 1 aliphatic heterocycles. The van der Waals surface area contributed by atoms with E-state index in [2.05, 4.69) is 27.8 Å². The van der Waals surface area contributed by atoms with E-state index in [9.17, 15) is 0 Å². The van der Waals surface area contributed by atoms with Crippen molar-refractivity contribution in [3.8, 4) is 0 Å². The van der Waals surface area contributed by atoms with Crippen molar-refractivity contribution in [2.45, 2.75) is 26.3 Å². The summed E-state index contributed by atoms with van der Waals surface area (Å²) in [4.78, 5) is 4.31. The summed E-state index contributed by atoms with van der Waals surface area (Å²) >= 11 is 0. The fourth-order valence-electron chi connectivity index (χ4n) is 2.69. The lowest BCUT2D eigenvalue weighted by Crippen LogP contribution is -2.19. The topological polar surface area (TPSA) is 50.1 Å². The molecule has 2 N–H and O–H groups in total. The van der Waals surface area contributed by atoms with E-state index in [4.69, 9.17) is 4.42 Å². The third kappa shape index (κ3) is 3.14. The van der Waals surface area contributed by atoms with Crippen LogP contribution < -0.4 is 10.6 Å². The summed E-state index contributed by atoms with van der Waals surface area (Å²) in [5, 5.41) is 6.92. The number of hydrogen-bond donors (Lipinski definition) is 2. The average molecular weight is 259 g/mol. The zero-order valence-corrected chi connectivity index (χ0v) is 11.4. The van der Waals surface area contributed by atoms with Crippen LogP contribution in [-0.2, 0) is 6.54 Å². The SMILES string of the molecule is Cc1nc2ccc(CNCCC3CCNC3)cc2o1. The molecule has 0 amide bonds. The fraction of sp³-hybridized carbons (Fsp3) is 0.533. The average Bonchev–Trinajstić information content (AvgIpc) is 3.02. The molecule has 4 nitrogen and oxygen atoms in total. The molecule has 0 saturated carbocycles. The van der Waals surface area contributed by atoms with Crippen molar-refractivity contribution in [2.75, 3.05) is 19.6 Å². The number of aromatic nitrogens is 1. The predicted octanol–water partition coefficient (Wildman–Crippen LogP) is 2.23. The molecular weight excluding hydrogens is 238 g/mol. The summed E-state index contributed by atoms with van der Waals surface area (Å²) in [5.74, 6) is 1.58. The third-order valence-electron chi connectivity index (χ3n) is 3.78. The number of oxazole rings is 1. The maximum atomic E-state index is 5.55. The molecule has 0 radical (unpaired) electrons. The first-order valence-corrected chi connectivity index (χ1v) is 7.09. The lowest BCUT2D eigenvalue weighted by Gasteiger charge is -2.09. The van der Waals surface area contributed by atoms with Crippen LogP contribution in [0.1, 0.15) is 24.3 Å². The molecule has 19 heavy (non-hydrogen) atoms. The number of rotatable bonds is 5. The molecule has 1 fully saturated rings. The van der Waals surface area contributed by atoms with Crippen LogP contribution in [0.15, 0.2) is 22.6 Å². The van der Waals surface area contributed by atoms with E-state index in [-0.39, 0.29) is 0 Å². The monoisotopic (exact) mass is 259 g/mol. The lowest BCUT2D eigenvalue weighted by atomic mass is 10.1. The van der Waals surface area contributed by atoms with E-state index in [1.807, 2.05) is 13.0 Å². The van der Waals surface area contributed by atoms with E-state index in [0.717, 1.165) is 36.0 Å². The van der Waals surface area contributed by atoms with Crippen LogP contribution in [0.5, 0.6) is 0 Å². The van der Waals surface area contributed by atoms with Gasteiger partial charge in [0.2, 0.25) is 0 Å². The highest BCUT2D eigenvalue weighted by atomic mass is 16.3. The Morgan fingerprint density at radius 3 is 3.26 bits per heavy atom. The first-order chi connectivity index (χ1) is 9.31. The van der Waals surface area contributed by atoms with Crippen LogP contribution in [-0.4, -0.2) is 24.6 Å². The maximum absolute atomic E-state index is 5.55. The van der Waals surface area contributed by atoms with Gasteiger partial charge in [-0.25, -0.2) is 4.98 Å². The van der Waals surface area contributed by atoms with Crippen molar-refractivity contribution in [3.63, 3.8) is 0 Å². The van der Waals surface area contributed by atoms with Crippen LogP contribution in [0.25, 0.3) is 11.1 Å². The zero-order chi connectivity index (χ0) is 13.1. The molecule has 1 aromatic heterocycles. The molecule has 2 heterocycles. The Labute approximate surface area is 113 Å². The fourth-order valence-corrected chi connectivity index (χ4v) is 2.69. The number of nitrogens with zero attached hydrogens (tertiary/aromatic N) is 1. The Morgan fingerprint density at radius 2 is 2.42 bits per heavy atom. The second-order valence-corrected chi connectivity index (χ2v) is 5.36. The van der Waals surface area contributed by atoms with Gasteiger partial charge < -0.3 is 15.1 Å². The van der Waals surface area contributed by atoms with Gasteiger partial charge in [-0.3, -0.25) is 0 Å². The van der Waals surface area contributed by atoms with Crippen LogP contribution in [0, 0.1) is 12.8 Å². The van der Waals surface area contributed by atoms with Gasteiger partial charge in [0.15, 0.2) is 11.5 Å². The summed E-state index contributed by atoms with van der Waals surface area (Å²) in [6, 6.07) is 6.23. The minimum atomic E-state index is 0.730. The van der Waals surface area contributed by atoms with Crippen molar-refractivity contribution >= 4 is 11.1 Å².